The maximum atomic E-state index is 14.5. The van der Waals surface area contributed by atoms with E-state index >= 15 is 0 Å². The zero-order chi connectivity index (χ0) is 44.4. The summed E-state index contributed by atoms with van der Waals surface area (Å²) in [5, 5.41) is 35.2. The van der Waals surface area contributed by atoms with Crippen LogP contribution in [0.4, 0.5) is 0 Å². The van der Waals surface area contributed by atoms with E-state index in [1.807, 2.05) is 12.1 Å². The Bertz CT molecular complexity index is 2300. The van der Waals surface area contributed by atoms with Crippen LogP contribution in [0.2, 0.25) is 5.02 Å². The number of nitrogens with one attached hydrogen (secondary N) is 5. The number of phenolic OH excluding ortho intramolecular Hbond substituents is 2. The van der Waals surface area contributed by atoms with Crippen molar-refractivity contribution in [3.05, 3.63) is 107 Å². The maximum Gasteiger partial charge on any atom is 0.289 e. The average molecular weight is 854 g/mol. The van der Waals surface area contributed by atoms with Crippen LogP contribution in [0.15, 0.2) is 84.9 Å². The summed E-state index contributed by atoms with van der Waals surface area (Å²) in [7, 11) is 2.63. The number of likely N-dealkylation sites (N-methyl/N-ethyl adjacent to an activating group) is 2. The number of ketones is 1. The zero-order valence-electron chi connectivity index (χ0n) is 33.8. The van der Waals surface area contributed by atoms with Crippen molar-refractivity contribution in [3.63, 3.8) is 0 Å². The molecule has 5 rings (SSSR count). The molecule has 0 spiro atoms. The highest BCUT2D eigenvalue weighted by Gasteiger charge is 2.36. The number of halogens is 1. The minimum atomic E-state index is -1.46. The molecule has 0 saturated carbocycles. The number of unbranched alkanes of at least 4 members (excludes halogenated alkanes) is 1. The monoisotopic (exact) mass is 853 g/mol. The molecule has 4 bridgehead atoms. The van der Waals surface area contributed by atoms with Crippen LogP contribution >= 0.6 is 11.6 Å². The SMILES string of the molecule is CNC(=O)C(=O)CNC(=O)[C@@H]1Cc2ccc(O)c(c2)-c2cc(ccc2O)[C@H](N(C)C(=O)[C@H](CCCCN)NC(=O)c2ccc(-c3ccc(Cl)cc3)cc2)C(=O)N[C@@H](C)C(=O)N1. The number of nitrogens with zero attached hydrogens (tertiary/aromatic N) is 1. The summed E-state index contributed by atoms with van der Waals surface area (Å²) in [6.45, 7) is 1.05. The number of carbonyl (C=O) groups excluding carboxylic acids is 7. The minimum absolute atomic E-state index is 0.0802. The fourth-order valence-corrected chi connectivity index (χ4v) is 6.97. The fraction of sp³-hybridized carbons (Fsp3) is 0.295. The highest BCUT2D eigenvalue weighted by molar-refractivity contribution is 6.37. The summed E-state index contributed by atoms with van der Waals surface area (Å²) in [6.07, 6.45) is 1.01. The summed E-state index contributed by atoms with van der Waals surface area (Å²) >= 11 is 6.03. The maximum absolute atomic E-state index is 14.5. The van der Waals surface area contributed by atoms with Crippen molar-refractivity contribution in [2.24, 2.45) is 5.73 Å². The second-order valence-corrected chi connectivity index (χ2v) is 15.0. The molecule has 0 aliphatic carbocycles. The highest BCUT2D eigenvalue weighted by atomic mass is 35.5. The number of fused-ring (bicyclic) bond motifs is 5. The predicted octanol–water partition coefficient (Wildman–Crippen LogP) is 2.49. The molecule has 0 radical (unpaired) electrons. The summed E-state index contributed by atoms with van der Waals surface area (Å²) in [5.41, 5.74) is 8.57. The number of aromatic hydroxyl groups is 2. The van der Waals surface area contributed by atoms with Gasteiger partial charge >= 0.3 is 0 Å². The predicted molar refractivity (Wildman–Crippen MR) is 227 cm³/mol. The molecule has 16 nitrogen and oxygen atoms in total. The Morgan fingerprint density at radius 1 is 0.852 bits per heavy atom. The van der Waals surface area contributed by atoms with Crippen LogP contribution in [-0.2, 0) is 35.2 Å². The molecule has 0 fully saturated rings. The van der Waals surface area contributed by atoms with Gasteiger partial charge in [0.1, 0.15) is 35.7 Å². The number of amides is 6. The lowest BCUT2D eigenvalue weighted by molar-refractivity contribution is -0.141. The largest absolute Gasteiger partial charge is 0.507 e. The summed E-state index contributed by atoms with van der Waals surface area (Å²) < 4.78 is 0. The van der Waals surface area contributed by atoms with Gasteiger partial charge in [0.25, 0.3) is 11.8 Å². The van der Waals surface area contributed by atoms with E-state index in [-0.39, 0.29) is 46.6 Å². The van der Waals surface area contributed by atoms with E-state index in [2.05, 4.69) is 26.6 Å². The van der Waals surface area contributed by atoms with Crippen LogP contribution in [-0.4, -0.2) is 102 Å². The van der Waals surface area contributed by atoms with Gasteiger partial charge < -0.3 is 47.4 Å². The van der Waals surface area contributed by atoms with E-state index < -0.39 is 71.9 Å². The van der Waals surface area contributed by atoms with Crippen molar-refractivity contribution in [1.29, 1.82) is 0 Å². The Hall–Kier alpha value is -6.78. The van der Waals surface area contributed by atoms with Crippen LogP contribution in [0.3, 0.4) is 0 Å². The van der Waals surface area contributed by atoms with Gasteiger partial charge in [-0.15, -0.1) is 0 Å². The molecule has 4 atom stereocenters. The number of rotatable bonds is 13. The van der Waals surface area contributed by atoms with E-state index in [0.717, 1.165) is 16.0 Å². The van der Waals surface area contributed by atoms with Crippen molar-refractivity contribution in [2.75, 3.05) is 27.2 Å². The number of carbonyl (C=O) groups is 7. The Morgan fingerprint density at radius 2 is 1.48 bits per heavy atom. The molecular formula is C44H48ClN7O9. The molecule has 1 heterocycles. The molecule has 0 saturated heterocycles. The number of hydrogen-bond donors (Lipinski definition) is 8. The van der Waals surface area contributed by atoms with Gasteiger partial charge in [-0.1, -0.05) is 48.0 Å². The second kappa shape index (κ2) is 20.5. The van der Waals surface area contributed by atoms with Gasteiger partial charge in [0.05, 0.1) is 6.54 Å². The first kappa shape index (κ1) is 45.3. The zero-order valence-corrected chi connectivity index (χ0v) is 34.5. The first-order valence-corrected chi connectivity index (χ1v) is 19.9. The molecule has 9 N–H and O–H groups in total. The Morgan fingerprint density at radius 3 is 2.11 bits per heavy atom. The van der Waals surface area contributed by atoms with Crippen LogP contribution in [0, 0.1) is 0 Å². The first-order chi connectivity index (χ1) is 29.1. The number of nitrogens with two attached hydrogens (primary N) is 1. The molecule has 6 amide bonds. The molecule has 1 aliphatic rings. The van der Waals surface area contributed by atoms with Crippen molar-refractivity contribution in [2.45, 2.75) is 56.8 Å². The van der Waals surface area contributed by atoms with Crippen LogP contribution in [0.1, 0.15) is 53.7 Å². The quantitative estimate of drug-likeness (QED) is 0.0721. The number of benzene rings is 4. The molecule has 4 aromatic rings. The highest BCUT2D eigenvalue weighted by Crippen LogP contribution is 2.39. The molecule has 0 unspecified atom stereocenters. The van der Waals surface area contributed by atoms with Gasteiger partial charge in [-0.3, -0.25) is 33.6 Å². The van der Waals surface area contributed by atoms with Gasteiger partial charge in [-0.25, -0.2) is 0 Å². The summed E-state index contributed by atoms with van der Waals surface area (Å²) in [4.78, 5) is 94.5. The molecule has 0 aromatic heterocycles. The second-order valence-electron chi connectivity index (χ2n) is 14.6. The van der Waals surface area contributed by atoms with Crippen LogP contribution < -0.4 is 32.3 Å². The van der Waals surface area contributed by atoms with Crippen molar-refractivity contribution in [3.8, 4) is 33.8 Å². The Balaban J connectivity index is 1.48. The van der Waals surface area contributed by atoms with Crippen LogP contribution in [0.25, 0.3) is 22.3 Å². The normalized spacial score (nSPS) is 16.8. The molecule has 17 heteroatoms. The third kappa shape index (κ3) is 11.3. The topological polar surface area (TPSA) is 249 Å². The fourth-order valence-electron chi connectivity index (χ4n) is 6.85. The number of Topliss-reactive ketones (excluding diaryl/α,β-unsaturated/α-hetero) is 1. The lowest BCUT2D eigenvalue weighted by Crippen LogP contribution is -2.56. The summed E-state index contributed by atoms with van der Waals surface area (Å²) in [6, 6.07) is 17.3. The van der Waals surface area contributed by atoms with E-state index in [1.165, 1.54) is 57.4 Å². The van der Waals surface area contributed by atoms with Crippen molar-refractivity contribution in [1.82, 2.24) is 31.5 Å². The smallest absolute Gasteiger partial charge is 0.289 e. The van der Waals surface area contributed by atoms with Crippen molar-refractivity contribution < 1.29 is 43.8 Å². The van der Waals surface area contributed by atoms with Gasteiger partial charge in [0.15, 0.2) is 0 Å². The Labute approximate surface area is 357 Å². The van der Waals surface area contributed by atoms with E-state index in [1.54, 1.807) is 36.4 Å². The molecule has 320 valence electrons. The van der Waals surface area contributed by atoms with Gasteiger partial charge in [-0.05, 0) is 104 Å². The lowest BCUT2D eigenvalue weighted by Gasteiger charge is -2.32. The Kier molecular flexibility index (Phi) is 15.2. The van der Waals surface area contributed by atoms with E-state index in [9.17, 15) is 43.8 Å². The molecular weight excluding hydrogens is 806 g/mol. The van der Waals surface area contributed by atoms with Crippen molar-refractivity contribution >= 4 is 52.8 Å². The average Bonchev–Trinajstić information content (AvgIpc) is 3.25. The standard InChI is InChI=1S/C44H48ClN7O9/c1-24-39(56)51-34(41(58)48-23-37(55)42(59)47-2)21-25-7-17-35(53)31(20-25)32-22-29(14-18-36(32)54)38(43(60)49-24)52(3)44(61)33(6-4-5-19-46)50-40(57)28-10-8-26(9-11-28)27-12-15-30(45)16-13-27/h7-18,20,22,24,33-34,38,53-54H,4-6,19,21,23,46H2,1-3H3,(H,47,59)(H,48,58)(H,49,60)(H,50,57)(H,51,56)/t24-,33-,34-,38-/m0/s1. The molecule has 61 heavy (non-hydrogen) atoms. The third-order valence-electron chi connectivity index (χ3n) is 10.3. The van der Waals surface area contributed by atoms with Crippen LogP contribution in [0.5, 0.6) is 11.5 Å². The lowest BCUT2D eigenvalue weighted by atomic mass is 9.93. The minimum Gasteiger partial charge on any atom is -0.507 e. The molecule has 1 aliphatic heterocycles. The van der Waals surface area contributed by atoms with E-state index in [0.29, 0.717) is 30.0 Å². The molecule has 4 aromatic carbocycles. The first-order valence-electron chi connectivity index (χ1n) is 19.5. The van der Waals surface area contributed by atoms with Gasteiger partial charge in [0, 0.05) is 42.2 Å². The number of phenols is 2. The van der Waals surface area contributed by atoms with Gasteiger partial charge in [0.2, 0.25) is 29.4 Å². The van der Waals surface area contributed by atoms with Gasteiger partial charge in [-0.2, -0.15) is 0 Å². The number of hydrogen-bond acceptors (Lipinski definition) is 10. The summed E-state index contributed by atoms with van der Waals surface area (Å²) in [5.74, 6) is -6.05. The van der Waals surface area contributed by atoms with E-state index in [4.69, 9.17) is 17.3 Å². The third-order valence-corrected chi connectivity index (χ3v) is 10.5.